The van der Waals surface area contributed by atoms with Crippen LogP contribution in [-0.2, 0) is 0 Å². The van der Waals surface area contributed by atoms with Crippen LogP contribution in [0.2, 0.25) is 0 Å². The molecule has 5 heteroatoms. The monoisotopic (exact) mass is 255 g/mol. The molecule has 0 aliphatic heterocycles. The normalized spacial score (nSPS) is 14.4. The Morgan fingerprint density at radius 3 is 2.82 bits per heavy atom. The van der Waals surface area contributed by atoms with E-state index >= 15 is 0 Å². The number of aliphatic hydroxyl groups excluding tert-OH is 1. The number of hydrogen-bond donors (Lipinski definition) is 3. The number of hydrogen-bond acceptors (Lipinski definition) is 3. The summed E-state index contributed by atoms with van der Waals surface area (Å²) in [7, 11) is 0. The number of aromatic amines is 1. The molecule has 17 heavy (non-hydrogen) atoms. The van der Waals surface area contributed by atoms with E-state index in [0.717, 1.165) is 22.0 Å². The second-order valence-electron chi connectivity index (χ2n) is 4.31. The van der Waals surface area contributed by atoms with Gasteiger partial charge in [-0.2, -0.15) is 5.10 Å². The fourth-order valence-electron chi connectivity index (χ4n) is 1.93. The molecule has 2 rings (SSSR count). The smallest absolute Gasteiger partial charge is 0.0679 e. The molecule has 1 aromatic heterocycles. The highest BCUT2D eigenvalue weighted by Gasteiger charge is 2.15. The van der Waals surface area contributed by atoms with Crippen molar-refractivity contribution in [1.82, 2.24) is 10.2 Å². The SMILES string of the molecule is Cc1cc(C(C)C(N)CO)cc2cn[nH]c12.Cl. The van der Waals surface area contributed by atoms with E-state index in [1.165, 1.54) is 0 Å². The van der Waals surface area contributed by atoms with Gasteiger partial charge in [0.05, 0.1) is 18.3 Å². The molecule has 0 aliphatic rings. The number of halogens is 1. The third kappa shape index (κ3) is 2.60. The summed E-state index contributed by atoms with van der Waals surface area (Å²) in [5.74, 6) is 0.142. The number of fused-ring (bicyclic) bond motifs is 1. The molecule has 2 atom stereocenters. The Bertz CT molecular complexity index is 497. The maximum atomic E-state index is 9.07. The van der Waals surface area contributed by atoms with Gasteiger partial charge in [-0.25, -0.2) is 0 Å². The lowest BCUT2D eigenvalue weighted by Gasteiger charge is -2.18. The molecule has 0 spiro atoms. The summed E-state index contributed by atoms with van der Waals surface area (Å²) >= 11 is 0. The van der Waals surface area contributed by atoms with Gasteiger partial charge < -0.3 is 10.8 Å². The molecule has 2 aromatic rings. The zero-order valence-electron chi connectivity index (χ0n) is 9.97. The second kappa shape index (κ2) is 5.49. The lowest BCUT2D eigenvalue weighted by molar-refractivity contribution is 0.252. The van der Waals surface area contributed by atoms with Gasteiger partial charge in [0.2, 0.25) is 0 Å². The summed E-state index contributed by atoms with van der Waals surface area (Å²) in [4.78, 5) is 0. The number of H-pyrrole nitrogens is 1. The Kier molecular flexibility index (Phi) is 4.51. The minimum Gasteiger partial charge on any atom is -0.395 e. The standard InChI is InChI=1S/C12H17N3O.ClH/c1-7-3-9(8(2)11(13)6-16)4-10-5-14-15-12(7)10;/h3-5,8,11,16H,6,13H2,1-2H3,(H,14,15);1H. The number of aliphatic hydroxyl groups is 1. The molecule has 2 unspecified atom stereocenters. The number of nitrogens with zero attached hydrogens (tertiary/aromatic N) is 1. The predicted molar refractivity (Wildman–Crippen MR) is 71.6 cm³/mol. The number of nitrogens with one attached hydrogen (secondary N) is 1. The van der Waals surface area contributed by atoms with Gasteiger partial charge in [-0.15, -0.1) is 12.4 Å². The van der Waals surface area contributed by atoms with Crippen molar-refractivity contribution in [3.05, 3.63) is 29.5 Å². The zero-order valence-corrected chi connectivity index (χ0v) is 10.8. The topological polar surface area (TPSA) is 74.9 Å². The van der Waals surface area contributed by atoms with E-state index < -0.39 is 0 Å². The highest BCUT2D eigenvalue weighted by molar-refractivity contribution is 5.85. The lowest BCUT2D eigenvalue weighted by atomic mass is 9.92. The van der Waals surface area contributed by atoms with Crippen molar-refractivity contribution < 1.29 is 5.11 Å². The van der Waals surface area contributed by atoms with Crippen LogP contribution >= 0.6 is 12.4 Å². The fraction of sp³-hybridized carbons (Fsp3) is 0.417. The molecule has 0 saturated heterocycles. The molecule has 4 nitrogen and oxygen atoms in total. The number of aryl methyl sites for hydroxylation is 1. The Balaban J connectivity index is 0.00000144. The van der Waals surface area contributed by atoms with Crippen LogP contribution in [-0.4, -0.2) is 28.0 Å². The molecule has 0 aliphatic carbocycles. The minimum atomic E-state index is -0.219. The first-order valence-electron chi connectivity index (χ1n) is 5.43. The molecule has 1 aromatic carbocycles. The van der Waals surface area contributed by atoms with Crippen molar-refractivity contribution in [2.75, 3.05) is 6.61 Å². The number of aromatic nitrogens is 2. The Morgan fingerprint density at radius 1 is 1.47 bits per heavy atom. The molecule has 0 bridgehead atoms. The summed E-state index contributed by atoms with van der Waals surface area (Å²) in [5.41, 5.74) is 9.21. The lowest BCUT2D eigenvalue weighted by Crippen LogP contribution is -2.30. The van der Waals surface area contributed by atoms with Crippen LogP contribution in [0, 0.1) is 6.92 Å². The van der Waals surface area contributed by atoms with Gasteiger partial charge in [0.1, 0.15) is 0 Å². The first-order chi connectivity index (χ1) is 7.63. The maximum Gasteiger partial charge on any atom is 0.0679 e. The van der Waals surface area contributed by atoms with Gasteiger partial charge >= 0.3 is 0 Å². The van der Waals surface area contributed by atoms with Crippen molar-refractivity contribution in [1.29, 1.82) is 0 Å². The van der Waals surface area contributed by atoms with Gasteiger partial charge in [-0.05, 0) is 30.0 Å². The highest BCUT2D eigenvalue weighted by Crippen LogP contribution is 2.24. The molecule has 94 valence electrons. The van der Waals surface area contributed by atoms with Gasteiger partial charge in [0, 0.05) is 11.4 Å². The quantitative estimate of drug-likeness (QED) is 0.782. The summed E-state index contributed by atoms with van der Waals surface area (Å²) in [5, 5.41) is 17.1. The van der Waals surface area contributed by atoms with E-state index in [1.807, 2.05) is 20.0 Å². The molecule has 0 amide bonds. The van der Waals surface area contributed by atoms with Crippen LogP contribution in [0.1, 0.15) is 24.0 Å². The van der Waals surface area contributed by atoms with Crippen molar-refractivity contribution >= 4 is 23.3 Å². The summed E-state index contributed by atoms with van der Waals surface area (Å²) in [6, 6.07) is 3.95. The number of nitrogens with two attached hydrogens (primary N) is 1. The van der Waals surface area contributed by atoms with Crippen molar-refractivity contribution in [2.45, 2.75) is 25.8 Å². The summed E-state index contributed by atoms with van der Waals surface area (Å²) in [6.45, 7) is 4.08. The largest absolute Gasteiger partial charge is 0.395 e. The van der Waals surface area contributed by atoms with E-state index in [0.29, 0.717) is 0 Å². The van der Waals surface area contributed by atoms with Crippen LogP contribution in [0.5, 0.6) is 0 Å². The Morgan fingerprint density at radius 2 is 2.18 bits per heavy atom. The van der Waals surface area contributed by atoms with E-state index in [2.05, 4.69) is 22.3 Å². The van der Waals surface area contributed by atoms with Crippen LogP contribution in [0.3, 0.4) is 0 Å². The van der Waals surface area contributed by atoms with Crippen molar-refractivity contribution in [3.8, 4) is 0 Å². The molecule has 0 radical (unpaired) electrons. The van der Waals surface area contributed by atoms with E-state index in [4.69, 9.17) is 10.8 Å². The van der Waals surface area contributed by atoms with Crippen molar-refractivity contribution in [2.24, 2.45) is 5.73 Å². The van der Waals surface area contributed by atoms with Gasteiger partial charge in [-0.1, -0.05) is 13.0 Å². The van der Waals surface area contributed by atoms with E-state index in [-0.39, 0.29) is 31.0 Å². The fourth-order valence-corrected chi connectivity index (χ4v) is 1.93. The highest BCUT2D eigenvalue weighted by atomic mass is 35.5. The van der Waals surface area contributed by atoms with Gasteiger partial charge in [0.15, 0.2) is 0 Å². The zero-order chi connectivity index (χ0) is 11.7. The molecular formula is C12H18ClN3O. The minimum absolute atomic E-state index is 0. The van der Waals surface area contributed by atoms with Crippen LogP contribution in [0.25, 0.3) is 10.9 Å². The second-order valence-corrected chi connectivity index (χ2v) is 4.31. The van der Waals surface area contributed by atoms with Crippen LogP contribution in [0.4, 0.5) is 0 Å². The third-order valence-corrected chi connectivity index (χ3v) is 3.15. The van der Waals surface area contributed by atoms with Crippen LogP contribution < -0.4 is 5.73 Å². The van der Waals surface area contributed by atoms with Crippen molar-refractivity contribution in [3.63, 3.8) is 0 Å². The maximum absolute atomic E-state index is 9.07. The average molecular weight is 256 g/mol. The first-order valence-corrected chi connectivity index (χ1v) is 5.43. The van der Waals surface area contributed by atoms with Gasteiger partial charge in [0.25, 0.3) is 0 Å². The Hall–Kier alpha value is -1.10. The Labute approximate surface area is 107 Å². The summed E-state index contributed by atoms with van der Waals surface area (Å²) < 4.78 is 0. The molecule has 0 fully saturated rings. The van der Waals surface area contributed by atoms with Gasteiger partial charge in [-0.3, -0.25) is 5.10 Å². The molecular weight excluding hydrogens is 238 g/mol. The first kappa shape index (κ1) is 14.0. The predicted octanol–water partition coefficient (Wildman–Crippen LogP) is 1.72. The third-order valence-electron chi connectivity index (χ3n) is 3.15. The van der Waals surface area contributed by atoms with E-state index in [9.17, 15) is 0 Å². The molecule has 1 heterocycles. The summed E-state index contributed by atoms with van der Waals surface area (Å²) in [6.07, 6.45) is 1.81. The average Bonchev–Trinajstić information content (AvgIpc) is 2.75. The van der Waals surface area contributed by atoms with E-state index in [1.54, 1.807) is 0 Å². The molecule has 0 saturated carbocycles. The number of benzene rings is 1. The number of rotatable bonds is 3. The van der Waals surface area contributed by atoms with Crippen LogP contribution in [0.15, 0.2) is 18.3 Å². The molecule has 4 N–H and O–H groups in total.